The molecule has 0 radical (unpaired) electrons. The molecule has 0 aliphatic carbocycles. The lowest BCUT2D eigenvalue weighted by Gasteiger charge is -2.42. The largest absolute Gasteiger partial charge is 0.497 e. The van der Waals surface area contributed by atoms with Gasteiger partial charge in [0, 0.05) is 49.2 Å². The van der Waals surface area contributed by atoms with E-state index < -0.39 is 17.8 Å². The van der Waals surface area contributed by atoms with E-state index >= 15 is 0 Å². The first-order valence-corrected chi connectivity index (χ1v) is 12.8. The molecule has 5 rings (SSSR count). The van der Waals surface area contributed by atoms with Crippen LogP contribution in [0.4, 0.5) is 13.2 Å². The van der Waals surface area contributed by atoms with Crippen molar-refractivity contribution in [2.45, 2.75) is 32.1 Å². The number of aliphatic hydroxyl groups excluding tert-OH is 1. The molecule has 3 aromatic heterocycles. The molecule has 0 unspecified atom stereocenters. The summed E-state index contributed by atoms with van der Waals surface area (Å²) < 4.78 is 48.7. The molecule has 4 aromatic rings. The molecule has 1 N–H and O–H groups in total. The Morgan fingerprint density at radius 2 is 1.93 bits per heavy atom. The number of ether oxygens (including phenoxy) is 1. The fraction of sp³-hybridized carbons (Fsp3) is 0.357. The normalized spacial score (nSPS) is 17.3. The average Bonchev–Trinajstić information content (AvgIpc) is 3.36. The van der Waals surface area contributed by atoms with Crippen LogP contribution >= 0.6 is 0 Å². The Kier molecular flexibility index (Phi) is 7.47. The topological polar surface area (TPSA) is 96.1 Å². The molecule has 4 heterocycles. The number of hydrogen-bond acceptors (Lipinski definition) is 7. The van der Waals surface area contributed by atoms with Crippen molar-refractivity contribution in [1.82, 2.24) is 29.4 Å². The van der Waals surface area contributed by atoms with Crippen molar-refractivity contribution < 1.29 is 27.8 Å². The maximum absolute atomic E-state index is 14.3. The first-order chi connectivity index (χ1) is 19.1. The van der Waals surface area contributed by atoms with Gasteiger partial charge in [-0.1, -0.05) is 6.07 Å². The third-order valence-corrected chi connectivity index (χ3v) is 7.35. The predicted molar refractivity (Wildman–Crippen MR) is 141 cm³/mol. The Morgan fingerprint density at radius 3 is 2.52 bits per heavy atom. The standard InChI is InChI=1S/C28H29F3N6O3/c1-17-15-35(23(16-38)20-5-4-10-32-13-20)11-12-36(17)27(39)22-14-33-37-25(28(29,30)31)18(2)24(34-26(22)37)19-6-8-21(40-3)9-7-19/h4-10,13-14,17,23,38H,11-12,15-16H2,1-3H3/t17-,23+/m1/s1. The number of fused-ring (bicyclic) bond motifs is 1. The minimum absolute atomic E-state index is 0.00784. The van der Waals surface area contributed by atoms with Gasteiger partial charge in [0.2, 0.25) is 0 Å². The number of methoxy groups -OCH3 is 1. The lowest BCUT2D eigenvalue weighted by atomic mass is 10.0. The third kappa shape index (κ3) is 5.00. The van der Waals surface area contributed by atoms with Gasteiger partial charge in [0.1, 0.15) is 11.3 Å². The van der Waals surface area contributed by atoms with E-state index in [0.717, 1.165) is 11.8 Å². The first-order valence-electron chi connectivity index (χ1n) is 12.8. The SMILES string of the molecule is COc1ccc(-c2nc3c(C(=O)N4CCN([C@@H](CO)c5cccnc5)C[C@H]4C)cnn3c(C(F)(F)F)c2C)cc1. The number of carbonyl (C=O) groups excluding carboxylic acids is 1. The van der Waals surface area contributed by atoms with Crippen LogP contribution in [0.15, 0.2) is 55.0 Å². The zero-order valence-corrected chi connectivity index (χ0v) is 22.3. The minimum Gasteiger partial charge on any atom is -0.497 e. The van der Waals surface area contributed by atoms with E-state index in [9.17, 15) is 23.1 Å². The van der Waals surface area contributed by atoms with Crippen molar-refractivity contribution in [2.24, 2.45) is 0 Å². The van der Waals surface area contributed by atoms with Crippen LogP contribution in [0.1, 0.15) is 40.1 Å². The van der Waals surface area contributed by atoms with Gasteiger partial charge in [0.25, 0.3) is 5.91 Å². The number of carbonyl (C=O) groups is 1. The number of nitrogens with zero attached hydrogens (tertiary/aromatic N) is 6. The Labute approximate surface area is 228 Å². The van der Waals surface area contributed by atoms with Crippen LogP contribution in [0, 0.1) is 6.92 Å². The van der Waals surface area contributed by atoms with Gasteiger partial charge in [0.15, 0.2) is 11.3 Å². The van der Waals surface area contributed by atoms with E-state index in [4.69, 9.17) is 4.74 Å². The molecule has 1 aliphatic rings. The van der Waals surface area contributed by atoms with Gasteiger partial charge in [-0.2, -0.15) is 18.3 Å². The summed E-state index contributed by atoms with van der Waals surface area (Å²) in [5.74, 6) is 0.105. The van der Waals surface area contributed by atoms with E-state index in [2.05, 4.69) is 20.0 Å². The highest BCUT2D eigenvalue weighted by molar-refractivity contribution is 6.00. The van der Waals surface area contributed by atoms with Gasteiger partial charge in [-0.05, 0) is 49.7 Å². The fourth-order valence-electron chi connectivity index (χ4n) is 5.32. The van der Waals surface area contributed by atoms with Gasteiger partial charge in [-0.3, -0.25) is 14.7 Å². The van der Waals surface area contributed by atoms with E-state index in [0.29, 0.717) is 35.5 Å². The average molecular weight is 555 g/mol. The molecule has 2 atom stereocenters. The summed E-state index contributed by atoms with van der Waals surface area (Å²) in [6.45, 7) is 4.35. The number of benzene rings is 1. The van der Waals surface area contributed by atoms with Crippen LogP contribution in [0.25, 0.3) is 16.9 Å². The van der Waals surface area contributed by atoms with Crippen LogP contribution in [-0.4, -0.2) is 79.8 Å². The molecule has 1 aliphatic heterocycles. The highest BCUT2D eigenvalue weighted by Crippen LogP contribution is 2.37. The molecule has 210 valence electrons. The van der Waals surface area contributed by atoms with Gasteiger partial charge in [0.05, 0.1) is 31.6 Å². The van der Waals surface area contributed by atoms with Gasteiger partial charge >= 0.3 is 6.18 Å². The summed E-state index contributed by atoms with van der Waals surface area (Å²) in [7, 11) is 1.50. The quantitative estimate of drug-likeness (QED) is 0.385. The zero-order chi connectivity index (χ0) is 28.6. The molecule has 9 nitrogen and oxygen atoms in total. The zero-order valence-electron chi connectivity index (χ0n) is 22.3. The van der Waals surface area contributed by atoms with E-state index in [1.54, 1.807) is 47.6 Å². The second-order valence-corrected chi connectivity index (χ2v) is 9.78. The van der Waals surface area contributed by atoms with E-state index in [-0.39, 0.29) is 41.2 Å². The number of halogens is 3. The van der Waals surface area contributed by atoms with Crippen LogP contribution in [-0.2, 0) is 6.18 Å². The molecular weight excluding hydrogens is 525 g/mol. The number of pyridine rings is 1. The van der Waals surface area contributed by atoms with Crippen molar-refractivity contribution in [3.05, 3.63) is 77.4 Å². The number of alkyl halides is 3. The second-order valence-electron chi connectivity index (χ2n) is 9.78. The molecule has 0 spiro atoms. The third-order valence-electron chi connectivity index (χ3n) is 7.35. The summed E-state index contributed by atoms with van der Waals surface area (Å²) in [5, 5.41) is 14.0. The fourth-order valence-corrected chi connectivity index (χ4v) is 5.32. The number of rotatable bonds is 6. The second kappa shape index (κ2) is 10.9. The number of amides is 1. The molecule has 12 heteroatoms. The molecular formula is C28H29F3N6O3. The van der Waals surface area contributed by atoms with Crippen molar-refractivity contribution in [3.8, 4) is 17.0 Å². The monoisotopic (exact) mass is 554 g/mol. The highest BCUT2D eigenvalue weighted by atomic mass is 19.4. The molecule has 1 fully saturated rings. The Hall–Kier alpha value is -4.03. The molecule has 0 bridgehead atoms. The molecule has 0 saturated carbocycles. The summed E-state index contributed by atoms with van der Waals surface area (Å²) >= 11 is 0. The van der Waals surface area contributed by atoms with Crippen LogP contribution < -0.4 is 4.74 Å². The summed E-state index contributed by atoms with van der Waals surface area (Å²) in [6.07, 6.45) is -0.215. The number of hydrogen-bond donors (Lipinski definition) is 1. The first kappa shape index (κ1) is 27.5. The lowest BCUT2D eigenvalue weighted by Crippen LogP contribution is -2.55. The van der Waals surface area contributed by atoms with Crippen LogP contribution in [0.2, 0.25) is 0 Å². The number of piperazine rings is 1. The van der Waals surface area contributed by atoms with Crippen molar-refractivity contribution >= 4 is 11.6 Å². The molecule has 40 heavy (non-hydrogen) atoms. The van der Waals surface area contributed by atoms with Gasteiger partial charge < -0.3 is 14.7 Å². The highest BCUT2D eigenvalue weighted by Gasteiger charge is 2.39. The van der Waals surface area contributed by atoms with Gasteiger partial charge in [-0.25, -0.2) is 9.50 Å². The Balaban J connectivity index is 1.49. The maximum atomic E-state index is 14.3. The van der Waals surface area contributed by atoms with Crippen molar-refractivity contribution in [2.75, 3.05) is 33.4 Å². The Bertz CT molecular complexity index is 1510. The molecule has 1 aromatic carbocycles. The summed E-state index contributed by atoms with van der Waals surface area (Å²) in [4.78, 5) is 26.1. The maximum Gasteiger partial charge on any atom is 0.433 e. The van der Waals surface area contributed by atoms with Gasteiger partial charge in [-0.15, -0.1) is 0 Å². The van der Waals surface area contributed by atoms with Crippen molar-refractivity contribution in [1.29, 1.82) is 0 Å². The summed E-state index contributed by atoms with van der Waals surface area (Å²) in [5.41, 5.74) is 0.182. The molecule has 1 amide bonds. The number of aliphatic hydroxyl groups is 1. The number of aromatic nitrogens is 4. The Morgan fingerprint density at radius 1 is 1.18 bits per heavy atom. The van der Waals surface area contributed by atoms with E-state index in [1.807, 2.05) is 13.0 Å². The predicted octanol–water partition coefficient (Wildman–Crippen LogP) is 4.01. The van der Waals surface area contributed by atoms with Crippen LogP contribution in [0.3, 0.4) is 0 Å². The molecule has 1 saturated heterocycles. The minimum atomic E-state index is -4.73. The smallest absolute Gasteiger partial charge is 0.433 e. The van der Waals surface area contributed by atoms with Crippen molar-refractivity contribution in [3.63, 3.8) is 0 Å². The van der Waals surface area contributed by atoms with E-state index in [1.165, 1.54) is 14.0 Å². The lowest BCUT2D eigenvalue weighted by molar-refractivity contribution is -0.143. The summed E-state index contributed by atoms with van der Waals surface area (Å²) in [6, 6.07) is 9.67. The van der Waals surface area contributed by atoms with Crippen LogP contribution in [0.5, 0.6) is 5.75 Å².